The van der Waals surface area contributed by atoms with Crippen molar-refractivity contribution in [1.82, 2.24) is 4.90 Å². The van der Waals surface area contributed by atoms with Gasteiger partial charge in [0.05, 0.1) is 11.5 Å². The number of imide groups is 1. The second-order valence-corrected chi connectivity index (χ2v) is 8.88. The van der Waals surface area contributed by atoms with Crippen LogP contribution >= 0.6 is 0 Å². The minimum Gasteiger partial charge on any atom is -0.479 e. The minimum absolute atomic E-state index is 0. The molecule has 12 heteroatoms. The number of benzene rings is 1. The molecular formula is C25H32BNO9U. The zero-order valence-electron chi connectivity index (χ0n) is 20.7. The van der Waals surface area contributed by atoms with Crippen molar-refractivity contribution in [3.63, 3.8) is 0 Å². The first-order valence-corrected chi connectivity index (χ1v) is 11.1. The van der Waals surface area contributed by atoms with Crippen molar-refractivity contribution in [3.05, 3.63) is 47.0 Å². The predicted octanol–water partition coefficient (Wildman–Crippen LogP) is -0.326. The summed E-state index contributed by atoms with van der Waals surface area (Å²) in [4.78, 5) is 49.1. The normalized spacial score (nSPS) is 27.1. The van der Waals surface area contributed by atoms with E-state index in [2.05, 4.69) is 0 Å². The van der Waals surface area contributed by atoms with Crippen LogP contribution in [0.1, 0.15) is 45.7 Å². The molecule has 10 nitrogen and oxygen atoms in total. The Morgan fingerprint density at radius 2 is 1.73 bits per heavy atom. The topological polar surface area (TPSA) is 162 Å². The molecule has 2 aliphatic rings. The van der Waals surface area contributed by atoms with Crippen LogP contribution < -0.4 is 0 Å². The van der Waals surface area contributed by atoms with E-state index in [1.54, 1.807) is 18.2 Å². The molecule has 0 bridgehead atoms. The summed E-state index contributed by atoms with van der Waals surface area (Å²) in [6.07, 6.45) is -5.54. The molecule has 37 heavy (non-hydrogen) atoms. The maximum atomic E-state index is 13.0. The number of amides is 2. The number of rotatable bonds is 9. The third-order valence-corrected chi connectivity index (χ3v) is 6.40. The van der Waals surface area contributed by atoms with E-state index in [1.807, 2.05) is 0 Å². The number of carboxylic acid groups (broad SMARTS) is 1. The molecule has 2 amide bonds. The Hall–Kier alpha value is -1.80. The molecule has 2 aliphatic heterocycles. The third-order valence-electron chi connectivity index (χ3n) is 6.40. The number of ether oxygens (including phenoxy) is 1. The van der Waals surface area contributed by atoms with Crippen LogP contribution in [0.3, 0.4) is 0 Å². The molecule has 1 fully saturated rings. The van der Waals surface area contributed by atoms with Crippen molar-refractivity contribution < 1.29 is 76.8 Å². The van der Waals surface area contributed by atoms with Crippen LogP contribution in [0.2, 0.25) is 0 Å². The van der Waals surface area contributed by atoms with Gasteiger partial charge in [0.25, 0.3) is 11.8 Å². The van der Waals surface area contributed by atoms with Gasteiger partial charge in [-0.05, 0) is 36.5 Å². The molecule has 6 atom stereocenters. The van der Waals surface area contributed by atoms with E-state index in [4.69, 9.17) is 14.0 Å². The van der Waals surface area contributed by atoms with Crippen LogP contribution in [-0.2, 0) is 43.2 Å². The average Bonchev–Trinajstić information content (AvgIpc) is 3.17. The summed E-state index contributed by atoms with van der Waals surface area (Å²) in [7, 11) is 6.08. The van der Waals surface area contributed by atoms with Gasteiger partial charge in [0.15, 0.2) is 6.10 Å². The Morgan fingerprint density at radius 3 is 2.30 bits per heavy atom. The van der Waals surface area contributed by atoms with Gasteiger partial charge < -0.3 is 25.2 Å². The van der Waals surface area contributed by atoms with Gasteiger partial charge in [-0.2, -0.15) is 0 Å². The number of aliphatic carboxylic acids is 1. The molecule has 1 saturated heterocycles. The van der Waals surface area contributed by atoms with Crippen molar-refractivity contribution in [2.75, 3.05) is 0 Å². The van der Waals surface area contributed by atoms with Crippen LogP contribution in [0.25, 0.3) is 0 Å². The molecule has 2 heterocycles. The molecular weight excluding hydrogens is 707 g/mol. The molecule has 1 aromatic carbocycles. The predicted molar refractivity (Wildman–Crippen MR) is 129 cm³/mol. The van der Waals surface area contributed by atoms with Gasteiger partial charge in [0, 0.05) is 57.5 Å². The molecule has 3 rings (SSSR count). The van der Waals surface area contributed by atoms with E-state index in [1.165, 1.54) is 6.92 Å². The largest absolute Gasteiger partial charge is 0.479 e. The molecule has 6 unspecified atom stereocenters. The number of carboxylic acids is 1. The van der Waals surface area contributed by atoms with Gasteiger partial charge >= 0.3 is 5.97 Å². The molecule has 198 valence electrons. The van der Waals surface area contributed by atoms with Crippen LogP contribution in [0.5, 0.6) is 0 Å². The number of carbonyl (C=O) groups excluding carboxylic acids is 3. The molecule has 4 N–H and O–H groups in total. The number of nitrogens with zero attached hydrogens (tertiary/aromatic N) is 1. The van der Waals surface area contributed by atoms with Gasteiger partial charge in [-0.1, -0.05) is 32.5 Å². The van der Waals surface area contributed by atoms with E-state index in [0.717, 1.165) is 17.7 Å². The number of aliphatic hydroxyl groups excluding tert-OH is 3. The fourth-order valence-electron chi connectivity index (χ4n) is 4.29. The van der Waals surface area contributed by atoms with Gasteiger partial charge in [-0.25, -0.2) is 4.79 Å². The summed E-state index contributed by atoms with van der Waals surface area (Å²) in [6.45, 7) is 1.40. The number of ketones is 1. The Kier molecular flexibility index (Phi) is 11.3. The third kappa shape index (κ3) is 6.99. The number of hydrogen-bond acceptors (Lipinski definition) is 8. The summed E-state index contributed by atoms with van der Waals surface area (Å²) in [5.74, 6) is -3.43. The van der Waals surface area contributed by atoms with Crippen LogP contribution in [0.4, 0.5) is 0 Å². The zero-order chi connectivity index (χ0) is 26.8. The van der Waals surface area contributed by atoms with Gasteiger partial charge in [-0.3, -0.25) is 19.3 Å². The fraction of sp³-hybridized carbons (Fsp3) is 0.520. The van der Waals surface area contributed by atoms with E-state index in [-0.39, 0.29) is 64.7 Å². The monoisotopic (exact) mass is 740 g/mol. The number of Topliss-reactive ketones (excluding diaryl/α,β-unsaturated/α-hetero) is 1. The fourth-order valence-corrected chi connectivity index (χ4v) is 4.29. The molecule has 1 aromatic rings. The van der Waals surface area contributed by atoms with Gasteiger partial charge in [0.2, 0.25) is 0 Å². The number of aryl methyl sites for hydroxylation is 2. The quantitative estimate of drug-likeness (QED) is 0.197. The summed E-state index contributed by atoms with van der Waals surface area (Å²) in [5.41, 5.74) is 0.159. The first-order valence-electron chi connectivity index (χ1n) is 11.8. The molecule has 2 radical (unpaired) electrons. The van der Waals surface area contributed by atoms with Crippen LogP contribution in [0.15, 0.2) is 30.4 Å². The van der Waals surface area contributed by atoms with Gasteiger partial charge in [-0.15, -0.1) is 0 Å². The summed E-state index contributed by atoms with van der Waals surface area (Å²) in [6, 6.07) is 5.23. The molecule has 0 spiro atoms. The van der Waals surface area contributed by atoms with Crippen molar-refractivity contribution >= 4 is 31.4 Å². The van der Waals surface area contributed by atoms with Crippen molar-refractivity contribution in [3.8, 4) is 0 Å². The number of aliphatic hydroxyl groups is 3. The Bertz CT molecular complexity index is 1060. The maximum Gasteiger partial charge on any atom is 0.335 e. The second-order valence-electron chi connectivity index (χ2n) is 8.88. The summed E-state index contributed by atoms with van der Waals surface area (Å²) >= 11 is 0. The first-order chi connectivity index (χ1) is 16.9. The SMILES string of the molecule is C.[2H]CCc1ccc(CC2OC(C(=O)O)C(O)C(O)C2O)c(CCC(=O)C([B])(C)N2C(=O)C=CC2=O)c1.[U]. The van der Waals surface area contributed by atoms with E-state index in [9.17, 15) is 39.6 Å². The minimum atomic E-state index is -1.87. The van der Waals surface area contributed by atoms with Crippen molar-refractivity contribution in [2.24, 2.45) is 0 Å². The Labute approximate surface area is 242 Å². The first kappa shape index (κ1) is 31.4. The second kappa shape index (κ2) is 13.3. The Morgan fingerprint density at radius 1 is 1.11 bits per heavy atom. The van der Waals surface area contributed by atoms with E-state index >= 15 is 0 Å². The Balaban J connectivity index is 0.00000361. The molecule has 0 saturated carbocycles. The van der Waals surface area contributed by atoms with Crippen molar-refractivity contribution in [1.29, 1.82) is 0 Å². The number of carbonyl (C=O) groups is 4. The number of hydrogen-bond donors (Lipinski definition) is 4. The maximum absolute atomic E-state index is 13.0. The zero-order valence-corrected chi connectivity index (χ0v) is 23.8. The standard InChI is InChI=1S/C24H28BNO9.CH4.U/c1-3-12-4-5-14(11-15-19(30)20(31)21(32)22(35-15)23(33)34)13(10-12)6-7-16(27)24(2,25)26-17(28)8-9-18(26)29;;/h4-5,8-10,15,19-22,30-32H,3,6-7,11H2,1-2H3,(H,33,34);1H4;/i1D;;. The summed E-state index contributed by atoms with van der Waals surface area (Å²) < 4.78 is 12.9. The smallest absolute Gasteiger partial charge is 0.335 e. The van der Waals surface area contributed by atoms with Crippen LogP contribution in [-0.4, -0.2) is 92.7 Å². The summed E-state index contributed by atoms with van der Waals surface area (Å²) in [5, 5.41) is 39.7. The van der Waals surface area contributed by atoms with Crippen LogP contribution in [0, 0.1) is 31.1 Å². The van der Waals surface area contributed by atoms with Gasteiger partial charge in [0.1, 0.15) is 31.9 Å². The average molecular weight is 740 g/mol. The molecule has 0 aromatic heterocycles. The van der Waals surface area contributed by atoms with E-state index in [0.29, 0.717) is 22.4 Å². The van der Waals surface area contributed by atoms with E-state index < -0.39 is 59.5 Å². The molecule has 0 aliphatic carbocycles. The van der Waals surface area contributed by atoms with Crippen molar-refractivity contribution in [2.45, 2.75) is 82.9 Å².